The van der Waals surface area contributed by atoms with E-state index in [0.717, 1.165) is 54.0 Å². The molecule has 3 aromatic rings. The minimum Gasteiger partial charge on any atom is -0.372 e. The molecule has 5 nitrogen and oxygen atoms in total. The third-order valence-corrected chi connectivity index (χ3v) is 6.56. The zero-order valence-corrected chi connectivity index (χ0v) is 21.5. The fourth-order valence-electron chi connectivity index (χ4n) is 4.31. The molecule has 0 unspecified atom stereocenters. The van der Waals surface area contributed by atoms with Crippen LogP contribution in [-0.4, -0.2) is 37.0 Å². The van der Waals surface area contributed by atoms with Crippen molar-refractivity contribution in [3.63, 3.8) is 0 Å². The fourth-order valence-corrected chi connectivity index (χ4v) is 4.61. The summed E-state index contributed by atoms with van der Waals surface area (Å²) in [4.78, 5) is 12.7. The van der Waals surface area contributed by atoms with Crippen molar-refractivity contribution in [1.29, 1.82) is 0 Å². The van der Waals surface area contributed by atoms with E-state index in [0.29, 0.717) is 28.7 Å². The van der Waals surface area contributed by atoms with E-state index in [1.807, 2.05) is 42.3 Å². The lowest BCUT2D eigenvalue weighted by Crippen LogP contribution is -2.36. The Kier molecular flexibility index (Phi) is 7.92. The first-order valence-electron chi connectivity index (χ1n) is 11.9. The van der Waals surface area contributed by atoms with Crippen LogP contribution in [0.2, 0.25) is 0 Å². The first-order chi connectivity index (χ1) is 17.7. The third kappa shape index (κ3) is 5.99. The second kappa shape index (κ2) is 11.1. The molecule has 9 heteroatoms. The molecule has 0 aliphatic carbocycles. The van der Waals surface area contributed by atoms with Gasteiger partial charge in [-0.05, 0) is 79.3 Å². The number of alkyl halides is 3. The van der Waals surface area contributed by atoms with Crippen LogP contribution in [0, 0.1) is 0 Å². The van der Waals surface area contributed by atoms with Crippen LogP contribution < -0.4 is 15.1 Å². The number of allylic oxidation sites excluding steroid dienone is 1. The third-order valence-electron chi connectivity index (χ3n) is 6.24. The zero-order valence-electron chi connectivity index (χ0n) is 20.7. The van der Waals surface area contributed by atoms with Crippen LogP contribution in [-0.2, 0) is 6.18 Å². The van der Waals surface area contributed by atoms with Crippen LogP contribution >= 0.6 is 12.2 Å². The van der Waals surface area contributed by atoms with Crippen LogP contribution in [0.5, 0.6) is 0 Å². The number of pyridine rings is 1. The molecule has 1 N–H and O–H groups in total. The summed E-state index contributed by atoms with van der Waals surface area (Å²) in [5.74, 6) is 0.605. The van der Waals surface area contributed by atoms with Crippen molar-refractivity contribution in [1.82, 2.24) is 4.98 Å². The number of benzene rings is 2. The topological polar surface area (TPSA) is 43.8 Å². The SMILES string of the molecule is C=N/C=C(\CC)c1cccc(NC(=S)N2CCCN(C)c3ccc(-c4cccc(C(F)(F)F)c4)nc32)c1. The van der Waals surface area contributed by atoms with Crippen molar-refractivity contribution < 1.29 is 13.2 Å². The molecule has 37 heavy (non-hydrogen) atoms. The van der Waals surface area contributed by atoms with E-state index in [4.69, 9.17) is 17.2 Å². The first-order valence-corrected chi connectivity index (χ1v) is 12.4. The Hall–Kier alpha value is -3.72. The average Bonchev–Trinajstić information content (AvgIpc) is 3.05. The standard InChI is InChI=1S/C28H28F3N5S/c1-4-19(18-32-2)20-8-6-11-23(17-20)33-27(37)36-15-7-14-35(3)25-13-12-24(34-26(25)36)21-9-5-10-22(16-21)28(29,30)31/h5-6,8-13,16-18H,2,4,7,14-15H2,1,3H3,(H,33,37)/b19-18+. The van der Waals surface area contributed by atoms with Crippen LogP contribution in [0.1, 0.15) is 30.9 Å². The van der Waals surface area contributed by atoms with Gasteiger partial charge in [0.1, 0.15) is 0 Å². The highest BCUT2D eigenvalue weighted by Gasteiger charge is 2.31. The van der Waals surface area contributed by atoms with Crippen molar-refractivity contribution in [3.05, 3.63) is 78.0 Å². The Morgan fingerprint density at radius 2 is 1.92 bits per heavy atom. The minimum atomic E-state index is -4.43. The molecule has 0 amide bonds. The molecule has 0 fully saturated rings. The van der Waals surface area contributed by atoms with Gasteiger partial charge >= 0.3 is 6.18 Å². The Morgan fingerprint density at radius 1 is 1.14 bits per heavy atom. The highest BCUT2D eigenvalue weighted by molar-refractivity contribution is 7.80. The van der Waals surface area contributed by atoms with Crippen LogP contribution in [0.3, 0.4) is 0 Å². The number of halogens is 3. The van der Waals surface area contributed by atoms with Gasteiger partial charge in [0, 0.05) is 37.6 Å². The number of hydrogen-bond donors (Lipinski definition) is 1. The number of thiocarbonyl (C=S) groups is 1. The number of nitrogens with one attached hydrogen (secondary N) is 1. The highest BCUT2D eigenvalue weighted by atomic mass is 32.1. The Morgan fingerprint density at radius 3 is 2.65 bits per heavy atom. The summed E-state index contributed by atoms with van der Waals surface area (Å²) in [7, 11) is 1.97. The molecule has 1 aliphatic rings. The fraction of sp³-hybridized carbons (Fsp3) is 0.250. The predicted molar refractivity (Wildman–Crippen MR) is 150 cm³/mol. The first kappa shape index (κ1) is 26.3. The number of aromatic nitrogens is 1. The summed E-state index contributed by atoms with van der Waals surface area (Å²) in [5, 5.41) is 3.79. The Labute approximate surface area is 220 Å². The highest BCUT2D eigenvalue weighted by Crippen LogP contribution is 2.35. The van der Waals surface area contributed by atoms with Crippen molar-refractivity contribution >= 4 is 46.8 Å². The maximum Gasteiger partial charge on any atom is 0.416 e. The van der Waals surface area contributed by atoms with Gasteiger partial charge in [-0.1, -0.05) is 31.2 Å². The molecule has 2 heterocycles. The lowest BCUT2D eigenvalue weighted by Gasteiger charge is -2.26. The van der Waals surface area contributed by atoms with Crippen LogP contribution in [0.4, 0.5) is 30.4 Å². The van der Waals surface area contributed by atoms with Gasteiger partial charge in [0.2, 0.25) is 0 Å². The molecule has 1 aliphatic heterocycles. The summed E-state index contributed by atoms with van der Waals surface area (Å²) < 4.78 is 39.9. The second-order valence-corrected chi connectivity index (χ2v) is 9.13. The summed E-state index contributed by atoms with van der Waals surface area (Å²) >= 11 is 5.81. The maximum atomic E-state index is 13.3. The van der Waals surface area contributed by atoms with Crippen LogP contribution in [0.25, 0.3) is 16.8 Å². The van der Waals surface area contributed by atoms with E-state index in [1.54, 1.807) is 18.3 Å². The summed E-state index contributed by atoms with van der Waals surface area (Å²) in [6.07, 6.45) is -1.04. The molecule has 0 spiro atoms. The normalized spacial score (nSPS) is 14.1. The number of hydrogen-bond acceptors (Lipinski definition) is 4. The van der Waals surface area contributed by atoms with Gasteiger partial charge < -0.3 is 15.1 Å². The van der Waals surface area contributed by atoms with Crippen molar-refractivity contribution in [2.45, 2.75) is 25.9 Å². The van der Waals surface area contributed by atoms with Gasteiger partial charge in [-0.2, -0.15) is 13.2 Å². The van der Waals surface area contributed by atoms with E-state index in [2.05, 4.69) is 28.9 Å². The van der Waals surface area contributed by atoms with Crippen molar-refractivity contribution in [3.8, 4) is 11.3 Å². The predicted octanol–water partition coefficient (Wildman–Crippen LogP) is 7.26. The van der Waals surface area contributed by atoms with Crippen molar-refractivity contribution in [2.24, 2.45) is 4.99 Å². The minimum absolute atomic E-state index is 0.394. The monoisotopic (exact) mass is 523 g/mol. The van der Waals surface area contributed by atoms with E-state index in [9.17, 15) is 13.2 Å². The quantitative estimate of drug-likeness (QED) is 0.282. The molecular formula is C28H28F3N5S. The lowest BCUT2D eigenvalue weighted by molar-refractivity contribution is -0.137. The molecule has 4 rings (SSSR count). The van der Waals surface area contributed by atoms with Gasteiger partial charge in [-0.15, -0.1) is 0 Å². The molecule has 192 valence electrons. The number of rotatable bonds is 5. The molecule has 0 atom stereocenters. The summed E-state index contributed by atoms with van der Waals surface area (Å²) in [5.41, 5.74) is 3.89. The van der Waals surface area contributed by atoms with Gasteiger partial charge in [0.15, 0.2) is 10.9 Å². The van der Waals surface area contributed by atoms with E-state index in [1.165, 1.54) is 6.07 Å². The molecular weight excluding hydrogens is 495 g/mol. The molecule has 0 bridgehead atoms. The number of nitrogens with zero attached hydrogens (tertiary/aromatic N) is 4. The van der Waals surface area contributed by atoms with Gasteiger partial charge in [0.05, 0.1) is 16.9 Å². The van der Waals surface area contributed by atoms with Crippen molar-refractivity contribution in [2.75, 3.05) is 35.3 Å². The van der Waals surface area contributed by atoms with Gasteiger partial charge in [-0.25, -0.2) is 4.98 Å². The van der Waals surface area contributed by atoms with Gasteiger partial charge in [0.25, 0.3) is 0 Å². The smallest absolute Gasteiger partial charge is 0.372 e. The maximum absolute atomic E-state index is 13.3. The van der Waals surface area contributed by atoms with Crippen LogP contribution in [0.15, 0.2) is 71.9 Å². The largest absolute Gasteiger partial charge is 0.416 e. The second-order valence-electron chi connectivity index (χ2n) is 8.75. The summed E-state index contributed by atoms with van der Waals surface area (Å²) in [6.45, 7) is 7.02. The summed E-state index contributed by atoms with van der Waals surface area (Å²) in [6, 6.07) is 16.7. The Bertz CT molecular complexity index is 1340. The number of fused-ring (bicyclic) bond motifs is 1. The Balaban J connectivity index is 1.68. The average molecular weight is 524 g/mol. The number of aliphatic imine (C=N–C) groups is 1. The zero-order chi connectivity index (χ0) is 26.6. The lowest BCUT2D eigenvalue weighted by atomic mass is 10.0. The molecule has 0 radical (unpaired) electrons. The molecule has 1 aromatic heterocycles. The molecule has 0 saturated heterocycles. The van der Waals surface area contributed by atoms with E-state index in [-0.39, 0.29) is 0 Å². The van der Waals surface area contributed by atoms with Gasteiger partial charge in [-0.3, -0.25) is 4.99 Å². The molecule has 0 saturated carbocycles. The molecule has 2 aromatic carbocycles. The van der Waals surface area contributed by atoms with E-state index < -0.39 is 11.7 Å². The van der Waals surface area contributed by atoms with E-state index >= 15 is 0 Å². The number of anilines is 3.